The van der Waals surface area contributed by atoms with Crippen molar-refractivity contribution in [2.24, 2.45) is 0 Å². The van der Waals surface area contributed by atoms with Gasteiger partial charge in [0.15, 0.2) is 5.75 Å². The van der Waals surface area contributed by atoms with E-state index in [1.807, 2.05) is 13.0 Å². The second-order valence-corrected chi connectivity index (χ2v) is 9.99. The third kappa shape index (κ3) is 6.50. The van der Waals surface area contributed by atoms with E-state index in [2.05, 4.69) is 10.6 Å². The first-order chi connectivity index (χ1) is 17.9. The lowest BCUT2D eigenvalue weighted by atomic mass is 10.1. The van der Waals surface area contributed by atoms with Crippen molar-refractivity contribution in [3.63, 3.8) is 0 Å². The number of rotatable bonds is 11. The fourth-order valence-corrected chi connectivity index (χ4v) is 4.82. The summed E-state index contributed by atoms with van der Waals surface area (Å²) in [6.07, 6.45) is 0.647. The summed E-state index contributed by atoms with van der Waals surface area (Å²) < 4.78 is 13.0. The number of aliphatic hydroxyl groups is 1. The minimum Gasteiger partial charge on any atom is -0.487 e. The van der Waals surface area contributed by atoms with E-state index in [4.69, 9.17) is 26.2 Å². The van der Waals surface area contributed by atoms with Crippen LogP contribution in [0, 0.1) is 6.92 Å². The standard InChI is InChI=1S/C25H27ClN4O6S/c1-16-13-17(30-15-18(36-25(30)34)14-28-23(32)21-6-7-22(26)37-21)4-5-19(16)29-10-2-3-20(24(29)33)35-12-9-27-8-11-31/h2-7,10,13,18,27,31H,8-9,11-12,14-15H2,1H3,(H,28,32)/t18-/m0/s1. The van der Waals surface area contributed by atoms with Gasteiger partial charge in [-0.2, -0.15) is 0 Å². The molecule has 10 nitrogen and oxygen atoms in total. The Kier molecular flexibility index (Phi) is 8.82. The van der Waals surface area contributed by atoms with Crippen LogP contribution < -0.4 is 25.8 Å². The lowest BCUT2D eigenvalue weighted by molar-refractivity contribution is 0.0920. The molecule has 0 bridgehead atoms. The van der Waals surface area contributed by atoms with Crippen molar-refractivity contribution in [2.45, 2.75) is 13.0 Å². The Balaban J connectivity index is 1.40. The van der Waals surface area contributed by atoms with Gasteiger partial charge in [0, 0.05) is 25.0 Å². The van der Waals surface area contributed by atoms with Crippen LogP contribution in [0.25, 0.3) is 5.69 Å². The van der Waals surface area contributed by atoms with E-state index < -0.39 is 12.2 Å². The largest absolute Gasteiger partial charge is 0.487 e. The molecule has 12 heteroatoms. The smallest absolute Gasteiger partial charge is 0.414 e. The first-order valence-electron chi connectivity index (χ1n) is 11.7. The molecule has 2 aromatic heterocycles. The highest BCUT2D eigenvalue weighted by molar-refractivity contribution is 7.18. The van der Waals surface area contributed by atoms with E-state index in [9.17, 15) is 14.4 Å². The summed E-state index contributed by atoms with van der Waals surface area (Å²) in [4.78, 5) is 39.7. The molecule has 37 heavy (non-hydrogen) atoms. The number of hydrogen-bond donors (Lipinski definition) is 3. The fourth-order valence-electron chi connectivity index (χ4n) is 3.86. The summed E-state index contributed by atoms with van der Waals surface area (Å²) in [6.45, 7) is 3.58. The number of ether oxygens (including phenoxy) is 2. The maximum absolute atomic E-state index is 13.0. The Labute approximate surface area is 222 Å². The number of carbonyl (C=O) groups excluding carboxylic acids is 2. The normalized spacial score (nSPS) is 15.1. The number of hydrogen-bond acceptors (Lipinski definition) is 8. The van der Waals surface area contributed by atoms with Crippen molar-refractivity contribution < 1.29 is 24.2 Å². The lowest BCUT2D eigenvalue weighted by Crippen LogP contribution is -2.34. The Morgan fingerprint density at radius 2 is 2.08 bits per heavy atom. The van der Waals surface area contributed by atoms with Gasteiger partial charge < -0.3 is 25.2 Å². The number of aryl methyl sites for hydroxylation is 1. The van der Waals surface area contributed by atoms with Gasteiger partial charge in [-0.25, -0.2) is 4.79 Å². The van der Waals surface area contributed by atoms with Gasteiger partial charge in [-0.3, -0.25) is 19.1 Å². The minimum atomic E-state index is -0.507. The zero-order chi connectivity index (χ0) is 26.4. The minimum absolute atomic E-state index is 0.0328. The van der Waals surface area contributed by atoms with Gasteiger partial charge in [0.25, 0.3) is 11.5 Å². The van der Waals surface area contributed by atoms with Crippen molar-refractivity contribution in [1.29, 1.82) is 0 Å². The van der Waals surface area contributed by atoms with Crippen LogP contribution in [0.15, 0.2) is 53.5 Å². The average molecular weight is 547 g/mol. The molecule has 1 saturated heterocycles. The average Bonchev–Trinajstić information content (AvgIpc) is 3.49. The Morgan fingerprint density at radius 1 is 1.24 bits per heavy atom. The summed E-state index contributed by atoms with van der Waals surface area (Å²) in [5, 5.41) is 14.6. The van der Waals surface area contributed by atoms with Crippen molar-refractivity contribution in [3.05, 3.63) is 73.8 Å². The van der Waals surface area contributed by atoms with Crippen LogP contribution in [-0.4, -0.2) is 67.2 Å². The van der Waals surface area contributed by atoms with Crippen LogP contribution in [0.4, 0.5) is 10.5 Å². The lowest BCUT2D eigenvalue weighted by Gasteiger charge is -2.17. The Hall–Kier alpha value is -3.38. The molecule has 1 aromatic carbocycles. The molecule has 3 heterocycles. The molecule has 1 atom stereocenters. The molecule has 0 unspecified atom stereocenters. The van der Waals surface area contributed by atoms with Crippen LogP contribution in [-0.2, 0) is 4.74 Å². The van der Waals surface area contributed by atoms with Gasteiger partial charge in [-0.05, 0) is 55.0 Å². The highest BCUT2D eigenvalue weighted by Crippen LogP contribution is 2.26. The predicted molar refractivity (Wildman–Crippen MR) is 142 cm³/mol. The van der Waals surface area contributed by atoms with E-state index in [1.54, 1.807) is 42.6 Å². The second kappa shape index (κ2) is 12.2. The molecule has 0 spiro atoms. The topological polar surface area (TPSA) is 122 Å². The van der Waals surface area contributed by atoms with E-state index in [0.29, 0.717) is 33.7 Å². The SMILES string of the molecule is Cc1cc(N2C[C@H](CNC(=O)c3ccc(Cl)s3)OC2=O)ccc1-n1cccc(OCCNCCO)c1=O. The molecule has 1 aliphatic rings. The Bertz CT molecular complexity index is 1330. The number of cyclic esters (lactones) is 1. The molecule has 3 aromatic rings. The number of amides is 2. The van der Waals surface area contributed by atoms with Crippen LogP contribution in [0.3, 0.4) is 0 Å². The number of halogens is 1. The number of anilines is 1. The molecule has 0 aliphatic carbocycles. The molecule has 1 aliphatic heterocycles. The van der Waals surface area contributed by atoms with E-state index >= 15 is 0 Å². The number of nitrogens with one attached hydrogen (secondary N) is 2. The molecular weight excluding hydrogens is 520 g/mol. The van der Waals surface area contributed by atoms with Crippen molar-refractivity contribution in [2.75, 3.05) is 44.3 Å². The van der Waals surface area contributed by atoms with Crippen molar-refractivity contribution >= 4 is 40.6 Å². The molecule has 1 fully saturated rings. The van der Waals surface area contributed by atoms with Crippen molar-refractivity contribution in [1.82, 2.24) is 15.2 Å². The number of pyridine rings is 1. The van der Waals surface area contributed by atoms with Crippen LogP contribution in [0.1, 0.15) is 15.2 Å². The number of benzene rings is 1. The second-order valence-electron chi connectivity index (χ2n) is 8.27. The fraction of sp³-hybridized carbons (Fsp3) is 0.320. The molecule has 196 valence electrons. The molecule has 3 N–H and O–H groups in total. The van der Waals surface area contributed by atoms with E-state index in [-0.39, 0.29) is 43.5 Å². The van der Waals surface area contributed by atoms with E-state index in [0.717, 1.165) is 5.56 Å². The summed E-state index contributed by atoms with van der Waals surface area (Å²) in [6, 6.07) is 12.0. The number of nitrogens with zero attached hydrogens (tertiary/aromatic N) is 2. The van der Waals surface area contributed by atoms with Gasteiger partial charge in [-0.15, -0.1) is 11.3 Å². The summed E-state index contributed by atoms with van der Waals surface area (Å²) in [5.41, 5.74) is 1.76. The quantitative estimate of drug-likeness (QED) is 0.316. The van der Waals surface area contributed by atoms with Crippen molar-refractivity contribution in [3.8, 4) is 11.4 Å². The summed E-state index contributed by atoms with van der Waals surface area (Å²) in [7, 11) is 0. The summed E-state index contributed by atoms with van der Waals surface area (Å²) in [5.74, 6) is -0.0562. The molecular formula is C25H27ClN4O6S. The monoisotopic (exact) mass is 546 g/mol. The maximum Gasteiger partial charge on any atom is 0.414 e. The third-order valence-electron chi connectivity index (χ3n) is 5.65. The number of aliphatic hydroxyl groups excluding tert-OH is 1. The molecule has 4 rings (SSSR count). The zero-order valence-corrected chi connectivity index (χ0v) is 21.7. The highest BCUT2D eigenvalue weighted by Gasteiger charge is 2.33. The van der Waals surface area contributed by atoms with Gasteiger partial charge in [-0.1, -0.05) is 11.6 Å². The third-order valence-corrected chi connectivity index (χ3v) is 6.88. The Morgan fingerprint density at radius 3 is 2.81 bits per heavy atom. The van der Waals surface area contributed by atoms with Crippen LogP contribution >= 0.6 is 22.9 Å². The van der Waals surface area contributed by atoms with Gasteiger partial charge >= 0.3 is 6.09 Å². The highest BCUT2D eigenvalue weighted by atomic mass is 35.5. The number of aromatic nitrogens is 1. The predicted octanol–water partition coefficient (Wildman–Crippen LogP) is 2.58. The number of carbonyl (C=O) groups is 2. The van der Waals surface area contributed by atoms with E-state index in [1.165, 1.54) is 20.8 Å². The number of thiophene rings is 1. The first-order valence-corrected chi connectivity index (χ1v) is 12.9. The van der Waals surface area contributed by atoms with Gasteiger partial charge in [0.2, 0.25) is 0 Å². The molecule has 0 radical (unpaired) electrons. The first kappa shape index (κ1) is 26.7. The zero-order valence-electron chi connectivity index (χ0n) is 20.1. The molecule has 2 amide bonds. The van der Waals surface area contributed by atoms with Gasteiger partial charge in [0.05, 0.1) is 34.6 Å². The van der Waals surface area contributed by atoms with Crippen LogP contribution in [0.2, 0.25) is 4.34 Å². The maximum atomic E-state index is 13.0. The molecule has 0 saturated carbocycles. The van der Waals surface area contributed by atoms with Gasteiger partial charge in [0.1, 0.15) is 12.7 Å². The summed E-state index contributed by atoms with van der Waals surface area (Å²) >= 11 is 7.06. The van der Waals surface area contributed by atoms with Crippen LogP contribution in [0.5, 0.6) is 5.75 Å².